The van der Waals surface area contributed by atoms with Crippen molar-refractivity contribution in [3.05, 3.63) is 0 Å². The lowest BCUT2D eigenvalue weighted by Crippen LogP contribution is -2.63. The van der Waals surface area contributed by atoms with Gasteiger partial charge in [-0.1, -0.05) is 38.5 Å². The highest BCUT2D eigenvalue weighted by Crippen LogP contribution is 2.65. The first-order valence-electron chi connectivity index (χ1n) is 8.14. The molecule has 2 saturated heterocycles. The van der Waals surface area contributed by atoms with E-state index in [1.807, 2.05) is 0 Å². The average Bonchev–Trinajstić information content (AvgIpc) is 2.72. The lowest BCUT2D eigenvalue weighted by atomic mass is 9.75. The molecular weight excluding hydrogens is 240 g/mol. The Kier molecular flexibility index (Phi) is 2.49. The minimum Gasteiger partial charge on any atom is -0.335 e. The van der Waals surface area contributed by atoms with Gasteiger partial charge < -0.3 is 14.2 Å². The third-order valence-electron chi connectivity index (χ3n) is 6.15. The number of hydrogen-bond donors (Lipinski definition) is 0. The van der Waals surface area contributed by atoms with E-state index >= 15 is 0 Å². The molecule has 0 N–H and O–H groups in total. The molecule has 4 aliphatic rings. The van der Waals surface area contributed by atoms with E-state index in [4.69, 9.17) is 14.2 Å². The van der Waals surface area contributed by atoms with E-state index in [1.165, 1.54) is 38.5 Å². The Hall–Kier alpha value is -0.120. The van der Waals surface area contributed by atoms with Gasteiger partial charge in [-0.2, -0.15) is 0 Å². The lowest BCUT2D eigenvalue weighted by Gasteiger charge is -2.52. The van der Waals surface area contributed by atoms with Gasteiger partial charge in [-0.15, -0.1) is 0 Å². The summed E-state index contributed by atoms with van der Waals surface area (Å²) in [5.41, 5.74) is -0.356. The zero-order valence-corrected chi connectivity index (χ0v) is 12.3. The molecule has 0 aromatic carbocycles. The molecule has 0 radical (unpaired) electrons. The molecule has 2 spiro atoms. The smallest absolute Gasteiger partial charge is 0.198 e. The summed E-state index contributed by atoms with van der Waals surface area (Å²) in [7, 11) is 0. The molecule has 108 valence electrons. The Labute approximate surface area is 116 Å². The van der Waals surface area contributed by atoms with Crippen molar-refractivity contribution in [1.82, 2.24) is 0 Å². The maximum atomic E-state index is 6.63. The van der Waals surface area contributed by atoms with E-state index in [2.05, 4.69) is 13.8 Å². The molecule has 2 aliphatic carbocycles. The van der Waals surface area contributed by atoms with E-state index in [9.17, 15) is 0 Å². The molecule has 0 amide bonds. The number of fused-ring (bicyclic) bond motifs is 4. The van der Waals surface area contributed by atoms with Crippen LogP contribution in [0.5, 0.6) is 0 Å². The Morgan fingerprint density at radius 1 is 0.526 bits per heavy atom. The van der Waals surface area contributed by atoms with E-state index in [0.717, 1.165) is 25.7 Å². The topological polar surface area (TPSA) is 27.7 Å². The molecule has 3 heteroatoms. The zero-order valence-electron chi connectivity index (χ0n) is 12.3. The quantitative estimate of drug-likeness (QED) is 0.665. The predicted octanol–water partition coefficient (Wildman–Crippen LogP) is 3.90. The molecule has 4 fully saturated rings. The Balaban J connectivity index is 1.69. The Bertz CT molecular complexity index is 345. The molecule has 2 aliphatic heterocycles. The highest BCUT2D eigenvalue weighted by molar-refractivity contribution is 5.15. The molecule has 3 nitrogen and oxygen atoms in total. The maximum absolute atomic E-state index is 6.63. The maximum Gasteiger partial charge on any atom is 0.198 e. The summed E-state index contributed by atoms with van der Waals surface area (Å²) >= 11 is 0. The summed E-state index contributed by atoms with van der Waals surface area (Å²) < 4.78 is 19.6. The molecule has 2 atom stereocenters. The van der Waals surface area contributed by atoms with Crippen LogP contribution in [-0.2, 0) is 14.2 Å². The summed E-state index contributed by atoms with van der Waals surface area (Å²) in [6.45, 7) is 4.26. The molecule has 2 heterocycles. The summed E-state index contributed by atoms with van der Waals surface area (Å²) in [5, 5.41) is 0. The van der Waals surface area contributed by atoms with Crippen molar-refractivity contribution < 1.29 is 14.2 Å². The second-order valence-electron chi connectivity index (χ2n) is 7.31. The van der Waals surface area contributed by atoms with Crippen LogP contribution >= 0.6 is 0 Å². The first-order chi connectivity index (χ1) is 9.04. The molecule has 19 heavy (non-hydrogen) atoms. The molecule has 2 saturated carbocycles. The minimum absolute atomic E-state index is 0.178. The van der Waals surface area contributed by atoms with Crippen LogP contribution < -0.4 is 0 Å². The second-order valence-corrected chi connectivity index (χ2v) is 7.31. The molecule has 2 bridgehead atoms. The molecule has 0 unspecified atom stereocenters. The number of hydrogen-bond acceptors (Lipinski definition) is 3. The van der Waals surface area contributed by atoms with Gasteiger partial charge in [-0.25, -0.2) is 0 Å². The first kappa shape index (κ1) is 12.6. The Morgan fingerprint density at radius 3 is 1.21 bits per heavy atom. The van der Waals surface area contributed by atoms with Gasteiger partial charge >= 0.3 is 0 Å². The minimum atomic E-state index is -0.514. The van der Waals surface area contributed by atoms with E-state index in [0.29, 0.717) is 0 Å². The van der Waals surface area contributed by atoms with Crippen molar-refractivity contribution in [1.29, 1.82) is 0 Å². The normalized spacial score (nSPS) is 47.1. The molecular formula is C16H26O3. The van der Waals surface area contributed by atoms with Gasteiger partial charge in [-0.3, -0.25) is 0 Å². The van der Waals surface area contributed by atoms with Gasteiger partial charge in [0, 0.05) is 0 Å². The van der Waals surface area contributed by atoms with Crippen molar-refractivity contribution in [2.75, 3.05) is 0 Å². The van der Waals surface area contributed by atoms with E-state index in [1.54, 1.807) is 0 Å². The fourth-order valence-corrected chi connectivity index (χ4v) is 5.07. The van der Waals surface area contributed by atoms with Crippen molar-refractivity contribution in [3.63, 3.8) is 0 Å². The van der Waals surface area contributed by atoms with Gasteiger partial charge in [0.25, 0.3) is 0 Å². The highest BCUT2D eigenvalue weighted by atomic mass is 16.9. The fourth-order valence-electron chi connectivity index (χ4n) is 5.07. The van der Waals surface area contributed by atoms with Crippen LogP contribution in [0.3, 0.4) is 0 Å². The van der Waals surface area contributed by atoms with Crippen LogP contribution in [0.2, 0.25) is 0 Å². The van der Waals surface area contributed by atoms with Gasteiger partial charge in [0.1, 0.15) is 11.2 Å². The van der Waals surface area contributed by atoms with Gasteiger partial charge in [0.15, 0.2) is 11.6 Å². The SMILES string of the molecule is C[C@@]12OC3(CCCCC3)[C@@](C)(OC13CCCCC3)O2. The van der Waals surface area contributed by atoms with Crippen molar-refractivity contribution in [3.8, 4) is 0 Å². The number of rotatable bonds is 0. The van der Waals surface area contributed by atoms with Gasteiger partial charge in [0.05, 0.1) is 0 Å². The van der Waals surface area contributed by atoms with Crippen molar-refractivity contribution in [2.24, 2.45) is 0 Å². The lowest BCUT2D eigenvalue weighted by molar-refractivity contribution is -0.316. The number of ether oxygens (including phenoxy) is 3. The fraction of sp³-hybridized carbons (Fsp3) is 1.00. The van der Waals surface area contributed by atoms with Gasteiger partial charge in [-0.05, 0) is 39.5 Å². The first-order valence-corrected chi connectivity index (χ1v) is 8.14. The van der Waals surface area contributed by atoms with E-state index in [-0.39, 0.29) is 11.2 Å². The van der Waals surface area contributed by atoms with Crippen LogP contribution in [-0.4, -0.2) is 22.8 Å². The third kappa shape index (κ3) is 1.44. The summed E-state index contributed by atoms with van der Waals surface area (Å²) in [4.78, 5) is 0. The molecule has 4 rings (SSSR count). The van der Waals surface area contributed by atoms with Crippen LogP contribution in [0.4, 0.5) is 0 Å². The summed E-state index contributed by atoms with van der Waals surface area (Å²) in [6, 6.07) is 0. The monoisotopic (exact) mass is 266 g/mol. The largest absolute Gasteiger partial charge is 0.335 e. The standard InChI is InChI=1S/C16H26O3/c1-13-15(9-5-3-6-10-15)19-14(2,17-13)16(18-13)11-7-4-8-12-16/h3-12H2,1-2H3/t13-,14-/m1/s1. The highest BCUT2D eigenvalue weighted by Gasteiger charge is 2.77. The van der Waals surface area contributed by atoms with Crippen molar-refractivity contribution >= 4 is 0 Å². The second kappa shape index (κ2) is 3.75. The molecule has 0 aromatic rings. The molecule has 0 aromatic heterocycles. The van der Waals surface area contributed by atoms with Crippen LogP contribution in [0, 0.1) is 0 Å². The average molecular weight is 266 g/mol. The Morgan fingerprint density at radius 2 is 0.895 bits per heavy atom. The van der Waals surface area contributed by atoms with Crippen LogP contribution in [0.1, 0.15) is 78.1 Å². The van der Waals surface area contributed by atoms with E-state index < -0.39 is 11.6 Å². The summed E-state index contributed by atoms with van der Waals surface area (Å²) in [6.07, 6.45) is 12.0. The van der Waals surface area contributed by atoms with Crippen LogP contribution in [0.15, 0.2) is 0 Å². The van der Waals surface area contributed by atoms with Crippen LogP contribution in [0.25, 0.3) is 0 Å². The third-order valence-corrected chi connectivity index (χ3v) is 6.15. The predicted molar refractivity (Wildman–Crippen MR) is 71.7 cm³/mol. The summed E-state index contributed by atoms with van der Waals surface area (Å²) in [5.74, 6) is -1.03. The van der Waals surface area contributed by atoms with Crippen molar-refractivity contribution in [2.45, 2.75) is 101 Å². The zero-order chi connectivity index (χ0) is 13.2. The van der Waals surface area contributed by atoms with Gasteiger partial charge in [0.2, 0.25) is 0 Å².